The standard InChI is InChI=1S/C19H23F2N11O9P2S2/c20-7-5(1-33)38-18(31-4-26-10-15(31)27-19(23)28-16(10)34)12(7)41-43(36,45)37-2-6-11(40-42(35)44)8(21)17(39-6)32-14-9(29-30-32)13(22)24-3-25-14/h3-8,11-12,17-18,33,42H,1-2H2,(H,35,44)(H,36,45)(H2,22,24,25)(H3,23,27,28,34)/t5-,6-,7-,8+,11-,12-,17-,18-,43?/m1/s1. The molecule has 4 aromatic rings. The zero-order valence-electron chi connectivity index (χ0n) is 22.2. The zero-order chi connectivity index (χ0) is 32.2. The van der Waals surface area contributed by atoms with Crippen molar-refractivity contribution in [3.63, 3.8) is 0 Å². The fraction of sp³-hybridized carbons (Fsp3) is 0.526. The van der Waals surface area contributed by atoms with E-state index in [1.165, 1.54) is 0 Å². The number of nitrogen functional groups attached to an aromatic ring is 2. The van der Waals surface area contributed by atoms with E-state index in [1.54, 1.807) is 0 Å². The van der Waals surface area contributed by atoms with E-state index in [0.29, 0.717) is 0 Å². The summed E-state index contributed by atoms with van der Waals surface area (Å²) >= 11 is 7.65. The first-order valence-electron chi connectivity index (χ1n) is 12.7. The summed E-state index contributed by atoms with van der Waals surface area (Å²) in [5.74, 6) is -0.306. The van der Waals surface area contributed by atoms with E-state index >= 15 is 8.78 Å². The van der Waals surface area contributed by atoms with Crippen molar-refractivity contribution in [3.8, 4) is 0 Å². The van der Waals surface area contributed by atoms with Crippen molar-refractivity contribution in [1.82, 2.24) is 44.5 Å². The Kier molecular flexibility index (Phi) is 8.89. The highest BCUT2D eigenvalue weighted by Crippen LogP contribution is 2.57. The first-order valence-corrected chi connectivity index (χ1v) is 18.0. The first-order chi connectivity index (χ1) is 21.4. The van der Waals surface area contributed by atoms with Gasteiger partial charge < -0.3 is 30.6 Å². The lowest BCUT2D eigenvalue weighted by molar-refractivity contribution is -0.0539. The van der Waals surface area contributed by atoms with Crippen LogP contribution in [-0.2, 0) is 32.2 Å². The molecule has 0 aromatic carbocycles. The summed E-state index contributed by atoms with van der Waals surface area (Å²) in [5.41, 5.74) is 10.5. The van der Waals surface area contributed by atoms with Crippen LogP contribution in [0.3, 0.4) is 0 Å². The third-order valence-corrected chi connectivity index (χ3v) is 9.26. The number of hydrogen-bond acceptors (Lipinski definition) is 17. The highest BCUT2D eigenvalue weighted by atomic mass is 32.7. The Bertz CT molecular complexity index is 1870. The third-order valence-electron chi connectivity index (χ3n) is 6.86. The Morgan fingerprint density at radius 1 is 1.11 bits per heavy atom. The molecule has 6 heterocycles. The SMILES string of the molecule is Nc1nc2c(ncn2[C@@H]2O[C@H](CO)[C@@H](F)[C@H]2OP(=O)(S)OC[C@H]2O[C@@H](n3nnc4c(N)ncnc43)[C@@H](F)[C@@H]2O[PH](=O)S)c(=O)[nH]1. The summed E-state index contributed by atoms with van der Waals surface area (Å²) in [6.45, 7) is -6.11. The number of aliphatic hydroxyl groups is 1. The fourth-order valence-corrected chi connectivity index (χ4v) is 7.23. The lowest BCUT2D eigenvalue weighted by Crippen LogP contribution is -2.33. The smallest absolute Gasteiger partial charge is 0.386 e. The third kappa shape index (κ3) is 6.06. The molecule has 2 aliphatic heterocycles. The Morgan fingerprint density at radius 3 is 2.60 bits per heavy atom. The Hall–Kier alpha value is -2.79. The Morgan fingerprint density at radius 2 is 1.87 bits per heavy atom. The van der Waals surface area contributed by atoms with Crippen molar-refractivity contribution in [2.24, 2.45) is 0 Å². The molecule has 0 radical (unpaired) electrons. The van der Waals surface area contributed by atoms with Gasteiger partial charge in [0.2, 0.25) is 13.2 Å². The summed E-state index contributed by atoms with van der Waals surface area (Å²) in [4.78, 5) is 30.2. The number of aromatic amines is 1. The second-order valence-corrected chi connectivity index (χ2v) is 14.4. The topological polar surface area (TPSA) is 273 Å². The normalized spacial score (nSPS) is 30.7. The van der Waals surface area contributed by atoms with Gasteiger partial charge in [0, 0.05) is 0 Å². The average Bonchev–Trinajstić information content (AvgIpc) is 3.73. The van der Waals surface area contributed by atoms with Crippen LogP contribution in [0, 0.1) is 0 Å². The summed E-state index contributed by atoms with van der Waals surface area (Å²) in [6.07, 6.45) is -11.2. The number of anilines is 2. The van der Waals surface area contributed by atoms with Crippen molar-refractivity contribution in [3.05, 3.63) is 23.0 Å². The molecule has 0 aliphatic carbocycles. The van der Waals surface area contributed by atoms with Crippen LogP contribution in [0.25, 0.3) is 22.3 Å². The molecule has 0 saturated carbocycles. The van der Waals surface area contributed by atoms with Crippen molar-refractivity contribution in [2.75, 3.05) is 24.7 Å². The van der Waals surface area contributed by atoms with Crippen LogP contribution in [0.15, 0.2) is 17.4 Å². The molecule has 6 N–H and O–H groups in total. The molecule has 244 valence electrons. The van der Waals surface area contributed by atoms with Crippen LogP contribution >= 0.6 is 38.5 Å². The molecule has 4 aromatic heterocycles. The maximum Gasteiger partial charge on any atom is 0.386 e. The van der Waals surface area contributed by atoms with Gasteiger partial charge >= 0.3 is 6.80 Å². The van der Waals surface area contributed by atoms with Crippen LogP contribution in [0.1, 0.15) is 12.5 Å². The number of H-pyrrole nitrogens is 1. The molecule has 6 rings (SSSR count). The lowest BCUT2D eigenvalue weighted by Gasteiger charge is -2.25. The van der Waals surface area contributed by atoms with Gasteiger partial charge in [-0.1, -0.05) is 29.7 Å². The van der Waals surface area contributed by atoms with Gasteiger partial charge in [-0.3, -0.25) is 28.0 Å². The predicted molar refractivity (Wildman–Crippen MR) is 155 cm³/mol. The monoisotopic (exact) mass is 713 g/mol. The number of aliphatic hydroxyl groups excluding tert-OH is 1. The average molecular weight is 714 g/mol. The number of thiol groups is 2. The summed E-state index contributed by atoms with van der Waals surface area (Å²) in [6, 6.07) is 0. The lowest BCUT2D eigenvalue weighted by atomic mass is 10.1. The van der Waals surface area contributed by atoms with Crippen molar-refractivity contribution in [2.45, 2.75) is 49.2 Å². The number of alkyl halides is 2. The number of fused-ring (bicyclic) bond motifs is 2. The molecule has 26 heteroatoms. The number of nitrogens with two attached hydrogens (primary N) is 2. The van der Waals surface area contributed by atoms with E-state index in [1.807, 2.05) is 0 Å². The van der Waals surface area contributed by atoms with Gasteiger partial charge in [0.05, 0.1) is 19.5 Å². The number of imidazole rings is 1. The second kappa shape index (κ2) is 12.4. The zero-order valence-corrected chi connectivity index (χ0v) is 25.9. The van der Waals surface area contributed by atoms with Crippen molar-refractivity contribution >= 4 is 72.6 Å². The predicted octanol–water partition coefficient (Wildman–Crippen LogP) is 0.127. The number of rotatable bonds is 10. The van der Waals surface area contributed by atoms with Gasteiger partial charge in [0.25, 0.3) is 5.56 Å². The maximum atomic E-state index is 15.6. The number of nitrogens with one attached hydrogen (secondary N) is 1. The van der Waals surface area contributed by atoms with E-state index in [-0.39, 0.29) is 34.1 Å². The number of halogens is 2. The van der Waals surface area contributed by atoms with E-state index in [9.17, 15) is 19.0 Å². The molecule has 10 atom stereocenters. The summed E-state index contributed by atoms with van der Waals surface area (Å²) < 4.78 is 85.6. The van der Waals surface area contributed by atoms with E-state index < -0.39 is 82.0 Å². The van der Waals surface area contributed by atoms with E-state index in [2.05, 4.69) is 59.7 Å². The van der Waals surface area contributed by atoms with Gasteiger partial charge in [-0.05, 0) is 0 Å². The molecular weight excluding hydrogens is 690 g/mol. The van der Waals surface area contributed by atoms with Crippen LogP contribution in [-0.4, -0.2) is 99.6 Å². The molecule has 2 saturated heterocycles. The molecular formula is C19H23F2N11O9P2S2. The number of aromatic nitrogens is 9. The summed E-state index contributed by atoms with van der Waals surface area (Å²) in [5, 5.41) is 17.3. The number of hydrogen-bond donors (Lipinski definition) is 6. The summed E-state index contributed by atoms with van der Waals surface area (Å²) in [7, 11) is -3.05. The van der Waals surface area contributed by atoms with Gasteiger partial charge in [0.1, 0.15) is 30.7 Å². The molecule has 0 spiro atoms. The number of nitrogens with zero attached hydrogens (tertiary/aromatic N) is 8. The molecule has 2 unspecified atom stereocenters. The van der Waals surface area contributed by atoms with E-state index in [4.69, 9.17) is 34.5 Å². The Balaban J connectivity index is 1.22. The fourth-order valence-electron chi connectivity index (χ4n) is 4.90. The largest absolute Gasteiger partial charge is 0.394 e. The number of ether oxygens (including phenoxy) is 2. The highest BCUT2D eigenvalue weighted by molar-refractivity contribution is 8.44. The second-order valence-electron chi connectivity index (χ2n) is 9.62. The van der Waals surface area contributed by atoms with Crippen molar-refractivity contribution in [1.29, 1.82) is 0 Å². The van der Waals surface area contributed by atoms with Crippen molar-refractivity contribution < 1.29 is 46.1 Å². The van der Waals surface area contributed by atoms with Crippen LogP contribution in [0.4, 0.5) is 20.5 Å². The van der Waals surface area contributed by atoms with E-state index in [0.717, 1.165) is 21.9 Å². The van der Waals surface area contributed by atoms with Crippen LogP contribution in [0.2, 0.25) is 0 Å². The van der Waals surface area contributed by atoms with Gasteiger partial charge in [-0.25, -0.2) is 28.3 Å². The highest BCUT2D eigenvalue weighted by Gasteiger charge is 2.52. The quantitative estimate of drug-likeness (QED) is 0.0941. The molecule has 0 bridgehead atoms. The minimum absolute atomic E-state index is 0.0159. The maximum absolute atomic E-state index is 15.6. The molecule has 45 heavy (non-hydrogen) atoms. The Labute approximate surface area is 259 Å². The molecule has 20 nitrogen and oxygen atoms in total. The molecule has 0 amide bonds. The van der Waals surface area contributed by atoms with Gasteiger partial charge in [0.15, 0.2) is 52.9 Å². The first kappa shape index (κ1) is 32.2. The molecule has 2 fully saturated rings. The van der Waals surface area contributed by atoms with Crippen LogP contribution < -0.4 is 17.0 Å². The van der Waals surface area contributed by atoms with Gasteiger partial charge in [-0.15, -0.1) is 5.10 Å². The minimum atomic E-state index is -4.57. The minimum Gasteiger partial charge on any atom is -0.394 e. The van der Waals surface area contributed by atoms with Crippen LogP contribution in [0.5, 0.6) is 0 Å². The molecule has 2 aliphatic rings. The van der Waals surface area contributed by atoms with Gasteiger partial charge in [-0.2, -0.15) is 9.67 Å².